The van der Waals surface area contributed by atoms with Crippen molar-refractivity contribution in [1.29, 1.82) is 5.26 Å². The molecule has 2 saturated heterocycles. The molecule has 2 aliphatic rings. The molecule has 6 nitrogen and oxygen atoms in total. The number of imide groups is 1. The SMILES string of the molecule is CN1CCC(c2ccc(NC3CCC(=O)NC3=O)cc2C#N)CC1. The number of nitrogens with zero attached hydrogens (tertiary/aromatic N) is 2. The number of hydrogen-bond donors (Lipinski definition) is 2. The van der Waals surface area contributed by atoms with Crippen molar-refractivity contribution in [1.82, 2.24) is 10.2 Å². The van der Waals surface area contributed by atoms with Crippen LogP contribution in [-0.2, 0) is 9.59 Å². The predicted molar refractivity (Wildman–Crippen MR) is 90.4 cm³/mol. The number of nitrogens with one attached hydrogen (secondary N) is 2. The van der Waals surface area contributed by atoms with Crippen molar-refractivity contribution in [2.75, 3.05) is 25.5 Å². The summed E-state index contributed by atoms with van der Waals surface area (Å²) < 4.78 is 0. The lowest BCUT2D eigenvalue weighted by atomic mass is 9.86. The van der Waals surface area contributed by atoms with E-state index in [0.717, 1.165) is 37.2 Å². The van der Waals surface area contributed by atoms with Gasteiger partial charge in [-0.05, 0) is 63.0 Å². The monoisotopic (exact) mass is 326 g/mol. The Balaban J connectivity index is 1.73. The van der Waals surface area contributed by atoms with Gasteiger partial charge < -0.3 is 10.2 Å². The van der Waals surface area contributed by atoms with Crippen molar-refractivity contribution >= 4 is 17.5 Å². The van der Waals surface area contributed by atoms with Gasteiger partial charge in [-0.15, -0.1) is 0 Å². The number of amides is 2. The molecule has 2 fully saturated rings. The zero-order valence-corrected chi connectivity index (χ0v) is 13.8. The molecule has 2 aliphatic heterocycles. The van der Waals surface area contributed by atoms with Crippen molar-refractivity contribution in [3.05, 3.63) is 29.3 Å². The number of hydrogen-bond acceptors (Lipinski definition) is 5. The summed E-state index contributed by atoms with van der Waals surface area (Å²) in [7, 11) is 2.12. The average molecular weight is 326 g/mol. The van der Waals surface area contributed by atoms with Crippen molar-refractivity contribution in [2.24, 2.45) is 0 Å². The second kappa shape index (κ2) is 7.02. The van der Waals surface area contributed by atoms with Crippen LogP contribution >= 0.6 is 0 Å². The number of piperidine rings is 2. The predicted octanol–water partition coefficient (Wildman–Crippen LogP) is 1.58. The summed E-state index contributed by atoms with van der Waals surface area (Å²) in [5.41, 5.74) is 2.51. The Morgan fingerprint density at radius 1 is 1.25 bits per heavy atom. The summed E-state index contributed by atoms with van der Waals surface area (Å²) in [5, 5.41) is 15.0. The van der Waals surface area contributed by atoms with E-state index in [1.807, 2.05) is 18.2 Å². The minimum Gasteiger partial charge on any atom is -0.374 e. The van der Waals surface area contributed by atoms with Gasteiger partial charge in [0, 0.05) is 12.1 Å². The molecule has 0 saturated carbocycles. The molecular formula is C18H22N4O2. The number of carbonyl (C=O) groups is 2. The largest absolute Gasteiger partial charge is 0.374 e. The van der Waals surface area contributed by atoms with Gasteiger partial charge in [0.15, 0.2) is 0 Å². The highest BCUT2D eigenvalue weighted by Crippen LogP contribution is 2.31. The molecule has 6 heteroatoms. The number of anilines is 1. The van der Waals surface area contributed by atoms with E-state index in [-0.39, 0.29) is 11.8 Å². The lowest BCUT2D eigenvalue weighted by Gasteiger charge is -2.30. The zero-order chi connectivity index (χ0) is 17.1. The smallest absolute Gasteiger partial charge is 0.249 e. The van der Waals surface area contributed by atoms with Crippen LogP contribution in [0.3, 0.4) is 0 Å². The first-order valence-electron chi connectivity index (χ1n) is 8.39. The zero-order valence-electron chi connectivity index (χ0n) is 13.8. The molecule has 1 unspecified atom stereocenters. The number of likely N-dealkylation sites (tertiary alicyclic amines) is 1. The van der Waals surface area contributed by atoms with E-state index in [1.54, 1.807) is 0 Å². The van der Waals surface area contributed by atoms with Gasteiger partial charge in [0.1, 0.15) is 6.04 Å². The lowest BCUT2D eigenvalue weighted by molar-refractivity contribution is -0.133. The fraction of sp³-hybridized carbons (Fsp3) is 0.500. The highest BCUT2D eigenvalue weighted by Gasteiger charge is 2.27. The molecule has 1 aromatic rings. The summed E-state index contributed by atoms with van der Waals surface area (Å²) >= 11 is 0. The second-order valence-electron chi connectivity index (χ2n) is 6.64. The van der Waals surface area contributed by atoms with Gasteiger partial charge in [-0.25, -0.2) is 0 Å². The van der Waals surface area contributed by atoms with Crippen molar-refractivity contribution < 1.29 is 9.59 Å². The van der Waals surface area contributed by atoms with E-state index in [2.05, 4.69) is 28.7 Å². The normalized spacial score (nSPS) is 22.8. The first-order chi connectivity index (χ1) is 11.6. The second-order valence-corrected chi connectivity index (χ2v) is 6.64. The topological polar surface area (TPSA) is 85.2 Å². The molecule has 24 heavy (non-hydrogen) atoms. The molecule has 1 atom stereocenters. The molecule has 0 bridgehead atoms. The van der Waals surface area contributed by atoms with E-state index < -0.39 is 6.04 Å². The highest BCUT2D eigenvalue weighted by atomic mass is 16.2. The summed E-state index contributed by atoms with van der Waals surface area (Å²) in [6.45, 7) is 2.09. The fourth-order valence-corrected chi connectivity index (χ4v) is 3.45. The van der Waals surface area contributed by atoms with Gasteiger partial charge in [-0.2, -0.15) is 5.26 Å². The molecule has 2 amide bonds. The van der Waals surface area contributed by atoms with Gasteiger partial charge in [-0.1, -0.05) is 6.07 Å². The molecule has 1 aromatic carbocycles. The quantitative estimate of drug-likeness (QED) is 0.824. The molecule has 0 aromatic heterocycles. The van der Waals surface area contributed by atoms with Crippen LogP contribution in [0.1, 0.15) is 42.7 Å². The molecule has 3 rings (SSSR count). The van der Waals surface area contributed by atoms with Gasteiger partial charge >= 0.3 is 0 Å². The summed E-state index contributed by atoms with van der Waals surface area (Å²) in [4.78, 5) is 25.4. The van der Waals surface area contributed by atoms with Crippen LogP contribution in [0.5, 0.6) is 0 Å². The number of nitriles is 1. The Morgan fingerprint density at radius 3 is 2.67 bits per heavy atom. The minimum absolute atomic E-state index is 0.228. The standard InChI is InChI=1S/C18H22N4O2/c1-22-8-6-12(7-9-22)15-3-2-14(10-13(15)11-19)20-16-4-5-17(23)21-18(16)24/h2-3,10,12,16,20H,4-9H2,1H3,(H,21,23,24). The van der Waals surface area contributed by atoms with Gasteiger partial charge in [0.25, 0.3) is 0 Å². The summed E-state index contributed by atoms with van der Waals surface area (Å²) in [6.07, 6.45) is 2.93. The summed E-state index contributed by atoms with van der Waals surface area (Å²) in [5.74, 6) is -0.113. The first-order valence-corrected chi connectivity index (χ1v) is 8.39. The molecular weight excluding hydrogens is 304 g/mol. The third-order valence-corrected chi connectivity index (χ3v) is 4.91. The van der Waals surface area contributed by atoms with Crippen LogP contribution in [0.25, 0.3) is 0 Å². The van der Waals surface area contributed by atoms with Gasteiger partial charge in [0.2, 0.25) is 11.8 Å². The van der Waals surface area contributed by atoms with Crippen molar-refractivity contribution in [3.8, 4) is 6.07 Å². The Morgan fingerprint density at radius 2 is 2.00 bits per heavy atom. The maximum Gasteiger partial charge on any atom is 0.249 e. The Hall–Kier alpha value is -2.39. The van der Waals surface area contributed by atoms with E-state index in [9.17, 15) is 14.9 Å². The van der Waals surface area contributed by atoms with E-state index >= 15 is 0 Å². The van der Waals surface area contributed by atoms with Crippen LogP contribution in [0, 0.1) is 11.3 Å². The third-order valence-electron chi connectivity index (χ3n) is 4.91. The van der Waals surface area contributed by atoms with Crippen molar-refractivity contribution in [3.63, 3.8) is 0 Å². The number of benzene rings is 1. The maximum atomic E-state index is 11.8. The Bertz CT molecular complexity index is 687. The van der Waals surface area contributed by atoms with Crippen LogP contribution in [0.2, 0.25) is 0 Å². The Kier molecular flexibility index (Phi) is 4.81. The minimum atomic E-state index is -0.427. The number of carbonyl (C=O) groups excluding carboxylic acids is 2. The maximum absolute atomic E-state index is 11.8. The van der Waals surface area contributed by atoms with E-state index in [4.69, 9.17) is 0 Å². The van der Waals surface area contributed by atoms with Crippen molar-refractivity contribution in [2.45, 2.75) is 37.6 Å². The molecule has 2 heterocycles. The molecule has 0 aliphatic carbocycles. The van der Waals surface area contributed by atoms with Crippen LogP contribution in [0.15, 0.2) is 18.2 Å². The molecule has 0 spiro atoms. The molecule has 126 valence electrons. The van der Waals surface area contributed by atoms with Crippen LogP contribution in [0.4, 0.5) is 5.69 Å². The average Bonchev–Trinajstić information content (AvgIpc) is 2.58. The van der Waals surface area contributed by atoms with E-state index in [0.29, 0.717) is 24.3 Å². The van der Waals surface area contributed by atoms with Crippen LogP contribution < -0.4 is 10.6 Å². The van der Waals surface area contributed by atoms with Crippen LogP contribution in [-0.4, -0.2) is 42.9 Å². The van der Waals surface area contributed by atoms with Gasteiger partial charge in [0.05, 0.1) is 11.6 Å². The summed E-state index contributed by atoms with van der Waals surface area (Å²) in [6, 6.07) is 7.61. The van der Waals surface area contributed by atoms with Gasteiger partial charge in [-0.3, -0.25) is 14.9 Å². The molecule has 0 radical (unpaired) electrons. The van der Waals surface area contributed by atoms with E-state index in [1.165, 1.54) is 0 Å². The molecule has 2 N–H and O–H groups in total. The Labute approximate surface area is 141 Å². The lowest BCUT2D eigenvalue weighted by Crippen LogP contribution is -2.47. The number of rotatable bonds is 3. The highest BCUT2D eigenvalue weighted by molar-refractivity contribution is 6.01. The third kappa shape index (κ3) is 3.57. The first kappa shape index (κ1) is 16.5. The fourth-order valence-electron chi connectivity index (χ4n) is 3.45.